The minimum atomic E-state index is -0.455. The largest absolute Gasteiger partial charge is 0.331 e. The standard InChI is InChI=1S/C19H20N4O3S/c1-19-8-7-15(24)23(19)14(11-27-19)18(26)21-13-5-3-12(4-6-13)16(25)17-20-9-10-22(17)2/h3-6,9-10,14H,7-8,11H2,1-2H3,(H,21,26)/t14-,19+/m1/s1. The Morgan fingerprint density at radius 3 is 2.70 bits per heavy atom. The van der Waals surface area contributed by atoms with E-state index in [2.05, 4.69) is 10.3 Å². The van der Waals surface area contributed by atoms with Gasteiger partial charge in [-0.3, -0.25) is 14.4 Å². The van der Waals surface area contributed by atoms with Crippen molar-refractivity contribution in [3.8, 4) is 0 Å². The summed E-state index contributed by atoms with van der Waals surface area (Å²) in [6, 6.07) is 6.27. The van der Waals surface area contributed by atoms with Crippen molar-refractivity contribution in [3.63, 3.8) is 0 Å². The van der Waals surface area contributed by atoms with Crippen LogP contribution in [0.3, 0.4) is 0 Å². The molecule has 1 aromatic heterocycles. The molecule has 2 aliphatic rings. The number of hydrogen-bond donors (Lipinski definition) is 1. The third-order valence-electron chi connectivity index (χ3n) is 5.19. The summed E-state index contributed by atoms with van der Waals surface area (Å²) in [5, 5.41) is 2.87. The van der Waals surface area contributed by atoms with Crippen molar-refractivity contribution in [1.29, 1.82) is 0 Å². The molecule has 140 valence electrons. The Kier molecular flexibility index (Phi) is 4.30. The molecular weight excluding hydrogens is 364 g/mol. The maximum atomic E-state index is 12.7. The summed E-state index contributed by atoms with van der Waals surface area (Å²) in [6.07, 6.45) is 4.57. The number of nitrogens with zero attached hydrogens (tertiary/aromatic N) is 3. The molecule has 0 spiro atoms. The van der Waals surface area contributed by atoms with Crippen molar-refractivity contribution in [2.75, 3.05) is 11.1 Å². The lowest BCUT2D eigenvalue weighted by molar-refractivity contribution is -0.135. The quantitative estimate of drug-likeness (QED) is 0.816. The van der Waals surface area contributed by atoms with E-state index in [9.17, 15) is 14.4 Å². The number of rotatable bonds is 4. The molecule has 3 heterocycles. The van der Waals surface area contributed by atoms with Crippen molar-refractivity contribution in [2.45, 2.75) is 30.7 Å². The van der Waals surface area contributed by atoms with E-state index in [1.165, 1.54) is 0 Å². The summed E-state index contributed by atoms with van der Waals surface area (Å²) in [7, 11) is 1.77. The third-order valence-corrected chi connectivity index (χ3v) is 6.69. The highest BCUT2D eigenvalue weighted by Gasteiger charge is 2.52. The molecule has 0 saturated carbocycles. The number of carbonyl (C=O) groups excluding carboxylic acids is 3. The van der Waals surface area contributed by atoms with Gasteiger partial charge in [0, 0.05) is 42.9 Å². The Morgan fingerprint density at radius 2 is 2.04 bits per heavy atom. The maximum Gasteiger partial charge on any atom is 0.248 e. The van der Waals surface area contributed by atoms with Gasteiger partial charge < -0.3 is 14.8 Å². The molecule has 2 aliphatic heterocycles. The van der Waals surface area contributed by atoms with Crippen molar-refractivity contribution in [3.05, 3.63) is 48.0 Å². The molecule has 7 nitrogen and oxygen atoms in total. The molecule has 2 aromatic rings. The molecule has 2 saturated heterocycles. The van der Waals surface area contributed by atoms with Gasteiger partial charge in [0.2, 0.25) is 17.6 Å². The highest BCUT2D eigenvalue weighted by atomic mass is 32.2. The van der Waals surface area contributed by atoms with Crippen LogP contribution in [0.4, 0.5) is 5.69 Å². The first-order valence-corrected chi connectivity index (χ1v) is 9.77. The zero-order chi connectivity index (χ0) is 19.2. The van der Waals surface area contributed by atoms with Crippen LogP contribution in [-0.2, 0) is 16.6 Å². The Hall–Kier alpha value is -2.61. The highest BCUT2D eigenvalue weighted by Crippen LogP contribution is 2.47. The number of nitrogens with one attached hydrogen (secondary N) is 1. The number of fused-ring (bicyclic) bond motifs is 1. The molecule has 27 heavy (non-hydrogen) atoms. The van der Waals surface area contributed by atoms with Gasteiger partial charge in [0.25, 0.3) is 0 Å². The Morgan fingerprint density at radius 1 is 1.30 bits per heavy atom. The van der Waals surface area contributed by atoms with Crippen LogP contribution >= 0.6 is 11.8 Å². The van der Waals surface area contributed by atoms with Crippen molar-refractivity contribution in [1.82, 2.24) is 14.5 Å². The number of aryl methyl sites for hydroxylation is 1. The fraction of sp³-hybridized carbons (Fsp3) is 0.368. The number of benzene rings is 1. The normalized spacial score (nSPS) is 24.1. The van der Waals surface area contributed by atoms with Crippen LogP contribution in [0.25, 0.3) is 0 Å². The third kappa shape index (κ3) is 3.03. The van der Waals surface area contributed by atoms with Gasteiger partial charge in [-0.25, -0.2) is 4.98 Å². The molecule has 1 N–H and O–H groups in total. The van der Waals surface area contributed by atoms with Crippen LogP contribution in [0.5, 0.6) is 0 Å². The second kappa shape index (κ2) is 6.53. The van der Waals surface area contributed by atoms with E-state index >= 15 is 0 Å². The maximum absolute atomic E-state index is 12.7. The van der Waals surface area contributed by atoms with E-state index in [0.717, 1.165) is 6.42 Å². The lowest BCUT2D eigenvalue weighted by Gasteiger charge is -2.29. The van der Waals surface area contributed by atoms with Gasteiger partial charge in [0.15, 0.2) is 5.82 Å². The van der Waals surface area contributed by atoms with E-state index in [0.29, 0.717) is 29.2 Å². The topological polar surface area (TPSA) is 84.3 Å². The number of aromatic nitrogens is 2. The number of amides is 2. The number of ketones is 1. The summed E-state index contributed by atoms with van der Waals surface area (Å²) in [5.74, 6) is 0.639. The molecule has 0 unspecified atom stereocenters. The van der Waals surface area contributed by atoms with Gasteiger partial charge >= 0.3 is 0 Å². The molecule has 2 atom stereocenters. The average Bonchev–Trinajstić information content (AvgIpc) is 3.30. The van der Waals surface area contributed by atoms with Gasteiger partial charge in [-0.2, -0.15) is 0 Å². The number of thioether (sulfide) groups is 1. The fourth-order valence-electron chi connectivity index (χ4n) is 3.66. The predicted octanol–water partition coefficient (Wildman–Crippen LogP) is 2.04. The summed E-state index contributed by atoms with van der Waals surface area (Å²) in [5.41, 5.74) is 1.10. The van der Waals surface area contributed by atoms with Crippen LogP contribution < -0.4 is 5.32 Å². The monoisotopic (exact) mass is 384 g/mol. The van der Waals surface area contributed by atoms with Crippen LogP contribution in [0.2, 0.25) is 0 Å². The summed E-state index contributed by atoms with van der Waals surface area (Å²) in [4.78, 5) is 42.8. The van der Waals surface area contributed by atoms with E-state index in [1.54, 1.807) is 64.9 Å². The molecular formula is C19H20N4O3S. The van der Waals surface area contributed by atoms with Crippen LogP contribution in [0.1, 0.15) is 35.9 Å². The molecule has 0 aliphatic carbocycles. The van der Waals surface area contributed by atoms with E-state index in [-0.39, 0.29) is 22.5 Å². The first-order valence-electron chi connectivity index (χ1n) is 8.78. The number of hydrogen-bond acceptors (Lipinski definition) is 5. The predicted molar refractivity (Wildman–Crippen MR) is 102 cm³/mol. The minimum absolute atomic E-state index is 0.0404. The zero-order valence-electron chi connectivity index (χ0n) is 15.1. The highest BCUT2D eigenvalue weighted by molar-refractivity contribution is 8.01. The van der Waals surface area contributed by atoms with Gasteiger partial charge in [0.05, 0.1) is 4.87 Å². The second-order valence-corrected chi connectivity index (χ2v) is 8.52. The van der Waals surface area contributed by atoms with E-state index in [1.807, 2.05) is 6.92 Å². The summed E-state index contributed by atoms with van der Waals surface area (Å²) in [6.45, 7) is 2.02. The SMILES string of the molecule is Cn1ccnc1C(=O)c1ccc(NC(=O)[C@H]2CS[C@@]3(C)CCC(=O)N23)cc1. The second-order valence-electron chi connectivity index (χ2n) is 7.02. The molecule has 1 aromatic carbocycles. The van der Waals surface area contributed by atoms with Gasteiger partial charge in [-0.05, 0) is 37.6 Å². The van der Waals surface area contributed by atoms with E-state index < -0.39 is 6.04 Å². The summed E-state index contributed by atoms with van der Waals surface area (Å²) >= 11 is 1.66. The number of carbonyl (C=O) groups is 3. The Labute approximate surface area is 161 Å². The molecule has 4 rings (SSSR count). The van der Waals surface area contributed by atoms with Crippen LogP contribution in [-0.4, -0.2) is 48.7 Å². The van der Waals surface area contributed by atoms with Gasteiger partial charge in [-0.1, -0.05) is 0 Å². The smallest absolute Gasteiger partial charge is 0.248 e. The first kappa shape index (κ1) is 17.8. The van der Waals surface area contributed by atoms with Crippen LogP contribution in [0.15, 0.2) is 36.7 Å². The Balaban J connectivity index is 1.46. The van der Waals surface area contributed by atoms with Crippen LogP contribution in [0, 0.1) is 0 Å². The molecule has 8 heteroatoms. The van der Waals surface area contributed by atoms with Crippen molar-refractivity contribution in [2.24, 2.45) is 7.05 Å². The summed E-state index contributed by atoms with van der Waals surface area (Å²) < 4.78 is 1.67. The molecule has 2 fully saturated rings. The number of imidazole rings is 1. The average molecular weight is 384 g/mol. The zero-order valence-corrected chi connectivity index (χ0v) is 16.0. The first-order chi connectivity index (χ1) is 12.9. The van der Waals surface area contributed by atoms with E-state index in [4.69, 9.17) is 0 Å². The molecule has 2 amide bonds. The molecule has 0 radical (unpaired) electrons. The minimum Gasteiger partial charge on any atom is -0.331 e. The van der Waals surface area contributed by atoms with Crippen molar-refractivity contribution >= 4 is 35.0 Å². The fourth-order valence-corrected chi connectivity index (χ4v) is 5.09. The number of anilines is 1. The molecule has 0 bridgehead atoms. The van der Waals surface area contributed by atoms with Gasteiger partial charge in [-0.15, -0.1) is 11.8 Å². The van der Waals surface area contributed by atoms with Crippen molar-refractivity contribution < 1.29 is 14.4 Å². The lowest BCUT2D eigenvalue weighted by Crippen LogP contribution is -2.48. The lowest BCUT2D eigenvalue weighted by atomic mass is 10.1. The van der Waals surface area contributed by atoms with Gasteiger partial charge in [0.1, 0.15) is 6.04 Å². The Bertz CT molecular complexity index is 923.